The number of carbonyl (C=O) groups excluding carboxylic acids is 1. The van der Waals surface area contributed by atoms with Crippen molar-refractivity contribution in [2.24, 2.45) is 5.92 Å². The number of ether oxygens (including phenoxy) is 1. The van der Waals surface area contributed by atoms with Crippen molar-refractivity contribution >= 4 is 49.1 Å². The van der Waals surface area contributed by atoms with Crippen LogP contribution >= 0.6 is 27.5 Å². The Kier molecular flexibility index (Phi) is 7.21. The number of carbonyl (C=O) groups is 1. The number of nitrogens with zero attached hydrogens (tertiary/aromatic N) is 1. The molecule has 0 aromatic heterocycles. The minimum atomic E-state index is -3.75. The molecule has 1 heterocycles. The lowest BCUT2D eigenvalue weighted by Gasteiger charge is -2.31. The van der Waals surface area contributed by atoms with Crippen LogP contribution < -0.4 is 10.1 Å². The van der Waals surface area contributed by atoms with Gasteiger partial charge < -0.3 is 10.1 Å². The van der Waals surface area contributed by atoms with Gasteiger partial charge in [-0.05, 0) is 62.2 Å². The molecule has 1 amide bonds. The minimum Gasteiger partial charge on any atom is -0.492 e. The number of benzene rings is 2. The van der Waals surface area contributed by atoms with Crippen molar-refractivity contribution in [3.8, 4) is 5.75 Å². The smallest absolute Gasteiger partial charge is 0.243 e. The van der Waals surface area contributed by atoms with Gasteiger partial charge in [-0.2, -0.15) is 4.31 Å². The Hall–Kier alpha value is -1.61. The molecule has 1 aliphatic heterocycles. The molecule has 0 unspecified atom stereocenters. The average Bonchev–Trinajstić information content (AvgIpc) is 2.71. The van der Waals surface area contributed by atoms with Crippen LogP contribution in [0.3, 0.4) is 0 Å². The van der Waals surface area contributed by atoms with Gasteiger partial charge in [0, 0.05) is 23.2 Å². The number of halogens is 2. The van der Waals surface area contributed by atoms with Crippen LogP contribution in [0.15, 0.2) is 51.8 Å². The highest BCUT2D eigenvalue weighted by Gasteiger charge is 2.33. The fourth-order valence-corrected chi connectivity index (χ4v) is 5.33. The number of anilines is 1. The van der Waals surface area contributed by atoms with Crippen LogP contribution in [-0.4, -0.2) is 38.3 Å². The molecule has 29 heavy (non-hydrogen) atoms. The van der Waals surface area contributed by atoms with Crippen molar-refractivity contribution in [1.82, 2.24) is 4.31 Å². The number of sulfonamides is 1. The molecule has 0 aliphatic carbocycles. The number of hydrogen-bond acceptors (Lipinski definition) is 4. The van der Waals surface area contributed by atoms with Crippen LogP contribution in [0.1, 0.15) is 19.8 Å². The summed E-state index contributed by atoms with van der Waals surface area (Å²) in [5.74, 6) is -0.157. The molecular formula is C20H22BrClN2O4S. The van der Waals surface area contributed by atoms with E-state index in [0.29, 0.717) is 37.4 Å². The van der Waals surface area contributed by atoms with Gasteiger partial charge in [0.15, 0.2) is 0 Å². The third-order valence-corrected chi connectivity index (χ3v) is 7.39. The number of nitrogens with one attached hydrogen (secondary N) is 1. The summed E-state index contributed by atoms with van der Waals surface area (Å²) in [5, 5.41) is 3.11. The van der Waals surface area contributed by atoms with Crippen molar-refractivity contribution in [2.45, 2.75) is 24.7 Å². The molecule has 2 aromatic rings. The van der Waals surface area contributed by atoms with Crippen LogP contribution in [0.2, 0.25) is 5.02 Å². The maximum Gasteiger partial charge on any atom is 0.243 e. The number of piperidine rings is 1. The molecule has 3 rings (SSSR count). The van der Waals surface area contributed by atoms with Crippen LogP contribution in [0, 0.1) is 5.92 Å². The number of hydrogen-bond donors (Lipinski definition) is 1. The quantitative estimate of drug-likeness (QED) is 0.630. The molecule has 1 saturated heterocycles. The maximum absolute atomic E-state index is 13.1. The Labute approximate surface area is 184 Å². The van der Waals surface area contributed by atoms with E-state index in [0.717, 1.165) is 4.47 Å². The molecule has 0 radical (unpaired) electrons. The van der Waals surface area contributed by atoms with Gasteiger partial charge in [-0.3, -0.25) is 4.79 Å². The topological polar surface area (TPSA) is 75.7 Å². The Morgan fingerprint density at radius 1 is 1.28 bits per heavy atom. The standard InChI is InChI=1S/C20H22BrClN2O4S/c1-2-28-19-10-9-17(12-18(19)22)29(26,27)24-11-3-4-14(13-24)20(25)23-16-7-5-15(21)6-8-16/h5-10,12,14H,2-4,11,13H2,1H3,(H,23,25)/t14-/m0/s1. The third kappa shape index (κ3) is 5.31. The van der Waals surface area contributed by atoms with Crippen molar-refractivity contribution in [2.75, 3.05) is 25.0 Å². The molecule has 0 bridgehead atoms. The summed E-state index contributed by atoms with van der Waals surface area (Å²) < 4.78 is 33.8. The van der Waals surface area contributed by atoms with Crippen LogP contribution in [0.4, 0.5) is 5.69 Å². The van der Waals surface area contributed by atoms with E-state index in [-0.39, 0.29) is 22.4 Å². The van der Waals surface area contributed by atoms with E-state index >= 15 is 0 Å². The first-order valence-corrected chi connectivity index (χ1v) is 11.9. The molecule has 1 aliphatic rings. The monoisotopic (exact) mass is 500 g/mol. The lowest BCUT2D eigenvalue weighted by Crippen LogP contribution is -2.43. The molecule has 1 atom stereocenters. The Morgan fingerprint density at radius 3 is 2.66 bits per heavy atom. The first-order valence-electron chi connectivity index (χ1n) is 9.30. The highest BCUT2D eigenvalue weighted by Crippen LogP contribution is 2.30. The Balaban J connectivity index is 1.72. The summed E-state index contributed by atoms with van der Waals surface area (Å²) in [4.78, 5) is 12.7. The molecular weight excluding hydrogens is 480 g/mol. The molecule has 2 aromatic carbocycles. The summed E-state index contributed by atoms with van der Waals surface area (Å²) in [5.41, 5.74) is 0.677. The number of rotatable bonds is 6. The van der Waals surface area contributed by atoms with Crippen molar-refractivity contribution < 1.29 is 17.9 Å². The van der Waals surface area contributed by atoms with Gasteiger partial charge in [-0.15, -0.1) is 0 Å². The second-order valence-corrected chi connectivity index (χ2v) is 9.98. The van der Waals surface area contributed by atoms with Crippen LogP contribution in [-0.2, 0) is 14.8 Å². The molecule has 1 fully saturated rings. The van der Waals surface area contributed by atoms with Gasteiger partial charge >= 0.3 is 0 Å². The summed E-state index contributed by atoms with van der Waals surface area (Å²) >= 11 is 9.51. The van der Waals surface area contributed by atoms with E-state index in [1.807, 2.05) is 19.1 Å². The fraction of sp³-hybridized carbons (Fsp3) is 0.350. The highest BCUT2D eigenvalue weighted by molar-refractivity contribution is 9.10. The van der Waals surface area contributed by atoms with Crippen LogP contribution in [0.25, 0.3) is 0 Å². The van der Waals surface area contributed by atoms with Crippen molar-refractivity contribution in [1.29, 1.82) is 0 Å². The Bertz CT molecular complexity index is 982. The summed E-state index contributed by atoms with van der Waals surface area (Å²) in [7, 11) is -3.75. The SMILES string of the molecule is CCOc1ccc(S(=O)(=O)N2CCC[C@H](C(=O)Nc3ccc(Br)cc3)C2)cc1Cl. The van der Waals surface area contributed by atoms with Gasteiger partial charge in [0.25, 0.3) is 0 Å². The summed E-state index contributed by atoms with van der Waals surface area (Å²) in [6, 6.07) is 11.7. The van der Waals surface area contributed by atoms with E-state index in [1.54, 1.807) is 18.2 Å². The van der Waals surface area contributed by atoms with Gasteiger partial charge in [-0.25, -0.2) is 8.42 Å². The predicted molar refractivity (Wildman–Crippen MR) is 117 cm³/mol. The minimum absolute atomic E-state index is 0.0971. The molecule has 9 heteroatoms. The molecule has 1 N–H and O–H groups in total. The highest BCUT2D eigenvalue weighted by atomic mass is 79.9. The second-order valence-electron chi connectivity index (χ2n) is 6.72. The van der Waals surface area contributed by atoms with Crippen molar-refractivity contribution in [3.63, 3.8) is 0 Å². The lowest BCUT2D eigenvalue weighted by atomic mass is 9.99. The van der Waals surface area contributed by atoms with Gasteiger partial charge in [-0.1, -0.05) is 27.5 Å². The van der Waals surface area contributed by atoms with Gasteiger partial charge in [0.05, 0.1) is 22.4 Å². The zero-order chi connectivity index (χ0) is 21.0. The first-order chi connectivity index (χ1) is 13.8. The summed E-state index contributed by atoms with van der Waals surface area (Å²) in [6.07, 6.45) is 1.25. The molecule has 156 valence electrons. The largest absolute Gasteiger partial charge is 0.492 e. The Morgan fingerprint density at radius 2 is 2.00 bits per heavy atom. The van der Waals surface area contributed by atoms with Gasteiger partial charge in [0.1, 0.15) is 5.75 Å². The van der Waals surface area contributed by atoms with E-state index in [1.165, 1.54) is 16.4 Å². The van der Waals surface area contributed by atoms with E-state index in [2.05, 4.69) is 21.2 Å². The zero-order valence-electron chi connectivity index (χ0n) is 15.9. The maximum atomic E-state index is 13.1. The molecule has 0 spiro atoms. The van der Waals surface area contributed by atoms with E-state index in [4.69, 9.17) is 16.3 Å². The summed E-state index contributed by atoms with van der Waals surface area (Å²) in [6.45, 7) is 2.77. The first kappa shape index (κ1) is 22.1. The third-order valence-electron chi connectivity index (χ3n) is 4.71. The molecule has 0 saturated carbocycles. The lowest BCUT2D eigenvalue weighted by molar-refractivity contribution is -0.120. The predicted octanol–water partition coefficient (Wildman–Crippen LogP) is 4.54. The van der Waals surface area contributed by atoms with Crippen molar-refractivity contribution in [3.05, 3.63) is 52.0 Å². The van der Waals surface area contributed by atoms with Gasteiger partial charge in [0.2, 0.25) is 15.9 Å². The fourth-order valence-electron chi connectivity index (χ4n) is 3.22. The average molecular weight is 502 g/mol. The number of amides is 1. The second kappa shape index (κ2) is 9.47. The van der Waals surface area contributed by atoms with Crippen LogP contribution in [0.5, 0.6) is 5.75 Å². The normalized spacial score (nSPS) is 17.7. The van der Waals surface area contributed by atoms with E-state index in [9.17, 15) is 13.2 Å². The zero-order valence-corrected chi connectivity index (χ0v) is 19.1. The van der Waals surface area contributed by atoms with E-state index < -0.39 is 15.9 Å². The molecule has 6 nitrogen and oxygen atoms in total.